The van der Waals surface area contributed by atoms with Gasteiger partial charge < -0.3 is 10.6 Å². The molecule has 0 fully saturated rings. The first kappa shape index (κ1) is 20.5. The minimum Gasteiger partial charge on any atom is -0.337 e. The lowest BCUT2D eigenvalue weighted by molar-refractivity contribution is -0.134. The van der Waals surface area contributed by atoms with Crippen LogP contribution >= 0.6 is 24.8 Å². The zero-order valence-corrected chi connectivity index (χ0v) is 13.5. The van der Waals surface area contributed by atoms with Crippen LogP contribution in [0.1, 0.15) is 26.3 Å². The van der Waals surface area contributed by atoms with Crippen molar-refractivity contribution in [3.8, 4) is 0 Å². The van der Waals surface area contributed by atoms with Gasteiger partial charge in [-0.3, -0.25) is 9.48 Å². The molecule has 7 heteroatoms. The number of rotatable bonds is 5. The first-order chi connectivity index (χ1) is 7.95. The Balaban J connectivity index is 0. The van der Waals surface area contributed by atoms with Crippen molar-refractivity contribution in [2.45, 2.75) is 33.4 Å². The summed E-state index contributed by atoms with van der Waals surface area (Å²) in [7, 11) is 1.86. The van der Waals surface area contributed by atoms with Gasteiger partial charge in [0.15, 0.2) is 0 Å². The van der Waals surface area contributed by atoms with Crippen LogP contribution in [0.3, 0.4) is 0 Å². The molecule has 19 heavy (non-hydrogen) atoms. The molecular weight excluding hydrogens is 287 g/mol. The summed E-state index contributed by atoms with van der Waals surface area (Å²) in [5.41, 5.74) is 6.91. The van der Waals surface area contributed by atoms with Crippen LogP contribution in [-0.2, 0) is 18.4 Å². The molecule has 0 saturated heterocycles. The minimum atomic E-state index is -0.424. The summed E-state index contributed by atoms with van der Waals surface area (Å²) >= 11 is 0. The van der Waals surface area contributed by atoms with Gasteiger partial charge in [-0.25, -0.2) is 0 Å². The molecule has 1 heterocycles. The second-order valence-corrected chi connectivity index (χ2v) is 4.64. The van der Waals surface area contributed by atoms with Gasteiger partial charge in [0.05, 0.1) is 12.2 Å². The Bertz CT molecular complexity index is 382. The Morgan fingerprint density at radius 1 is 1.47 bits per heavy atom. The van der Waals surface area contributed by atoms with Crippen molar-refractivity contribution in [2.75, 3.05) is 6.54 Å². The lowest BCUT2D eigenvalue weighted by Crippen LogP contribution is -2.46. The summed E-state index contributed by atoms with van der Waals surface area (Å²) in [6, 6.07) is -0.424. The molecule has 0 saturated carbocycles. The predicted octanol–water partition coefficient (Wildman–Crippen LogP) is 1.60. The molecule has 2 N–H and O–H groups in total. The number of hydrogen-bond donors (Lipinski definition) is 1. The van der Waals surface area contributed by atoms with Crippen LogP contribution in [0.4, 0.5) is 0 Å². The van der Waals surface area contributed by atoms with Crippen LogP contribution < -0.4 is 5.73 Å². The molecular formula is C12H24Cl2N4O. The summed E-state index contributed by atoms with van der Waals surface area (Å²) in [4.78, 5) is 13.9. The zero-order chi connectivity index (χ0) is 13.0. The van der Waals surface area contributed by atoms with E-state index in [2.05, 4.69) is 5.10 Å². The summed E-state index contributed by atoms with van der Waals surface area (Å²) in [5.74, 6) is 0.164. The van der Waals surface area contributed by atoms with Gasteiger partial charge in [0, 0.05) is 31.9 Å². The van der Waals surface area contributed by atoms with Crippen molar-refractivity contribution >= 4 is 30.7 Å². The Labute approximate surface area is 127 Å². The Morgan fingerprint density at radius 2 is 2.05 bits per heavy atom. The van der Waals surface area contributed by atoms with Crippen molar-refractivity contribution in [2.24, 2.45) is 18.7 Å². The topological polar surface area (TPSA) is 64.2 Å². The third kappa shape index (κ3) is 5.80. The van der Waals surface area contributed by atoms with E-state index in [1.165, 1.54) is 0 Å². The van der Waals surface area contributed by atoms with Gasteiger partial charge in [-0.1, -0.05) is 13.8 Å². The van der Waals surface area contributed by atoms with Crippen LogP contribution in [0.25, 0.3) is 0 Å². The maximum absolute atomic E-state index is 12.1. The Kier molecular flexibility index (Phi) is 9.92. The van der Waals surface area contributed by atoms with Crippen LogP contribution in [0.5, 0.6) is 0 Å². The molecule has 1 rings (SSSR count). The van der Waals surface area contributed by atoms with Crippen molar-refractivity contribution in [3.63, 3.8) is 0 Å². The summed E-state index contributed by atoms with van der Waals surface area (Å²) in [5, 5.41) is 4.09. The molecule has 0 radical (unpaired) electrons. The molecule has 1 aromatic rings. The first-order valence-electron chi connectivity index (χ1n) is 5.97. The average Bonchev–Trinajstić information content (AvgIpc) is 2.69. The lowest BCUT2D eigenvalue weighted by atomic mass is 10.0. The van der Waals surface area contributed by atoms with E-state index in [9.17, 15) is 4.79 Å². The van der Waals surface area contributed by atoms with Gasteiger partial charge in [0.2, 0.25) is 5.91 Å². The van der Waals surface area contributed by atoms with E-state index in [4.69, 9.17) is 5.73 Å². The lowest BCUT2D eigenvalue weighted by Gasteiger charge is -2.25. The number of carbonyl (C=O) groups excluding carboxylic acids is 1. The van der Waals surface area contributed by atoms with E-state index in [0.717, 1.165) is 5.56 Å². The van der Waals surface area contributed by atoms with Crippen LogP contribution in [-0.4, -0.2) is 33.2 Å². The molecule has 0 aliphatic carbocycles. The van der Waals surface area contributed by atoms with Crippen molar-refractivity contribution in [1.82, 2.24) is 14.7 Å². The SMILES string of the molecule is CCN(Cc1cnn(C)c1)C(=O)[C@@H](N)C(C)C.Cl.Cl. The molecule has 0 spiro atoms. The second kappa shape index (κ2) is 9.18. The van der Waals surface area contributed by atoms with Gasteiger partial charge in [-0.2, -0.15) is 5.10 Å². The third-order valence-corrected chi connectivity index (χ3v) is 2.83. The van der Waals surface area contributed by atoms with Gasteiger partial charge in [-0.05, 0) is 12.8 Å². The first-order valence-corrected chi connectivity index (χ1v) is 5.97. The molecule has 1 aromatic heterocycles. The summed E-state index contributed by atoms with van der Waals surface area (Å²) in [6.45, 7) is 7.11. The monoisotopic (exact) mass is 310 g/mol. The summed E-state index contributed by atoms with van der Waals surface area (Å²) in [6.07, 6.45) is 3.69. The number of aromatic nitrogens is 2. The molecule has 5 nitrogen and oxygen atoms in total. The van der Waals surface area contributed by atoms with E-state index in [-0.39, 0.29) is 36.6 Å². The van der Waals surface area contributed by atoms with E-state index in [1.54, 1.807) is 15.8 Å². The number of carbonyl (C=O) groups is 1. The van der Waals surface area contributed by atoms with Crippen LogP contribution in [0.15, 0.2) is 12.4 Å². The standard InChI is InChI=1S/C12H22N4O.2ClH/c1-5-16(12(17)11(13)9(2)3)8-10-6-14-15(4)7-10;;/h6-7,9,11H,5,8,13H2,1-4H3;2*1H/t11-;;/m0../s1. The maximum Gasteiger partial charge on any atom is 0.240 e. The molecule has 1 atom stereocenters. The smallest absolute Gasteiger partial charge is 0.240 e. The highest BCUT2D eigenvalue weighted by Gasteiger charge is 2.22. The average molecular weight is 311 g/mol. The van der Waals surface area contributed by atoms with Crippen molar-refractivity contribution in [1.29, 1.82) is 0 Å². The third-order valence-electron chi connectivity index (χ3n) is 2.83. The minimum absolute atomic E-state index is 0. The highest BCUT2D eigenvalue weighted by Crippen LogP contribution is 2.08. The fraction of sp³-hybridized carbons (Fsp3) is 0.667. The number of nitrogens with zero attached hydrogens (tertiary/aromatic N) is 3. The number of likely N-dealkylation sites (N-methyl/N-ethyl adjacent to an activating group) is 1. The van der Waals surface area contributed by atoms with E-state index < -0.39 is 6.04 Å². The molecule has 0 unspecified atom stereocenters. The second-order valence-electron chi connectivity index (χ2n) is 4.64. The largest absolute Gasteiger partial charge is 0.337 e. The molecule has 112 valence electrons. The normalized spacial score (nSPS) is 11.5. The number of halogens is 2. The van der Waals surface area contributed by atoms with Crippen molar-refractivity contribution < 1.29 is 4.79 Å². The van der Waals surface area contributed by atoms with E-state index in [1.807, 2.05) is 34.0 Å². The predicted molar refractivity (Wildman–Crippen MR) is 81.6 cm³/mol. The molecule has 0 aliphatic heterocycles. The Morgan fingerprint density at radius 3 is 2.42 bits per heavy atom. The van der Waals surface area contributed by atoms with Gasteiger partial charge in [0.25, 0.3) is 0 Å². The fourth-order valence-corrected chi connectivity index (χ4v) is 1.62. The quantitative estimate of drug-likeness (QED) is 0.898. The van der Waals surface area contributed by atoms with Gasteiger partial charge >= 0.3 is 0 Å². The van der Waals surface area contributed by atoms with Gasteiger partial charge in [-0.15, -0.1) is 24.8 Å². The van der Waals surface area contributed by atoms with E-state index in [0.29, 0.717) is 13.1 Å². The highest BCUT2D eigenvalue weighted by atomic mass is 35.5. The van der Waals surface area contributed by atoms with E-state index >= 15 is 0 Å². The molecule has 1 amide bonds. The van der Waals surface area contributed by atoms with Gasteiger partial charge in [0.1, 0.15) is 0 Å². The highest BCUT2D eigenvalue weighted by molar-refractivity contribution is 5.85. The summed E-state index contributed by atoms with van der Waals surface area (Å²) < 4.78 is 1.73. The number of amides is 1. The number of hydrogen-bond acceptors (Lipinski definition) is 3. The maximum atomic E-state index is 12.1. The van der Waals surface area contributed by atoms with Crippen molar-refractivity contribution in [3.05, 3.63) is 18.0 Å². The fourth-order valence-electron chi connectivity index (χ4n) is 1.62. The number of nitrogens with two attached hydrogens (primary N) is 1. The molecule has 0 bridgehead atoms. The zero-order valence-electron chi connectivity index (χ0n) is 11.9. The number of aryl methyl sites for hydroxylation is 1. The molecule has 0 aliphatic rings. The Hall–Kier alpha value is -0.780. The molecule has 0 aromatic carbocycles. The van der Waals surface area contributed by atoms with Crippen LogP contribution in [0.2, 0.25) is 0 Å². The van der Waals surface area contributed by atoms with Crippen LogP contribution in [0, 0.1) is 5.92 Å².